The van der Waals surface area contributed by atoms with Crippen LogP contribution in [0.25, 0.3) is 6.08 Å². The summed E-state index contributed by atoms with van der Waals surface area (Å²) in [5.74, 6) is 1.96. The van der Waals surface area contributed by atoms with Crippen molar-refractivity contribution in [3.05, 3.63) is 41.3 Å². The lowest BCUT2D eigenvalue weighted by Crippen LogP contribution is -1.97. The molecule has 134 valence electrons. The van der Waals surface area contributed by atoms with Crippen molar-refractivity contribution in [3.63, 3.8) is 0 Å². The third kappa shape index (κ3) is 4.24. The average molecular weight is 363 g/mol. The molecule has 7 heteroatoms. The third-order valence-corrected chi connectivity index (χ3v) is 4.59. The standard InChI is InChI=1S/C18H21NO5S/c1-21-15-6-5-12(9-14(15)19)7-8-25(20)13-10-16(22-2)18(24-4)17(11-13)23-3/h5-11H,19H2,1-4H3/b8-7+. The topological polar surface area (TPSA) is 80.0 Å². The summed E-state index contributed by atoms with van der Waals surface area (Å²) in [5, 5.41) is 1.57. The van der Waals surface area contributed by atoms with Gasteiger partial charge in [-0.05, 0) is 23.8 Å². The Morgan fingerprint density at radius 1 is 0.880 bits per heavy atom. The molecule has 25 heavy (non-hydrogen) atoms. The summed E-state index contributed by atoms with van der Waals surface area (Å²) in [6, 6.07) is 8.66. The fourth-order valence-electron chi connectivity index (χ4n) is 2.25. The number of ether oxygens (including phenoxy) is 4. The number of hydrogen-bond donors (Lipinski definition) is 1. The number of benzene rings is 2. The van der Waals surface area contributed by atoms with Crippen LogP contribution in [-0.4, -0.2) is 32.6 Å². The maximum atomic E-state index is 12.6. The summed E-state index contributed by atoms with van der Waals surface area (Å²) in [6.07, 6.45) is 1.73. The highest BCUT2D eigenvalue weighted by Crippen LogP contribution is 2.39. The van der Waals surface area contributed by atoms with Gasteiger partial charge in [-0.2, -0.15) is 0 Å². The summed E-state index contributed by atoms with van der Waals surface area (Å²) in [7, 11) is 4.70. The van der Waals surface area contributed by atoms with Crippen LogP contribution in [0.1, 0.15) is 5.56 Å². The van der Waals surface area contributed by atoms with Gasteiger partial charge >= 0.3 is 0 Å². The van der Waals surface area contributed by atoms with E-state index in [2.05, 4.69) is 0 Å². The Labute approximate surface area is 149 Å². The first-order chi connectivity index (χ1) is 12.0. The van der Waals surface area contributed by atoms with Gasteiger partial charge in [0.05, 0.1) is 49.8 Å². The Kier molecular flexibility index (Phi) is 6.30. The summed E-state index contributed by atoms with van der Waals surface area (Å²) < 4.78 is 33.5. The molecule has 1 unspecified atom stereocenters. The third-order valence-electron chi connectivity index (χ3n) is 3.51. The van der Waals surface area contributed by atoms with E-state index >= 15 is 0 Å². The van der Waals surface area contributed by atoms with E-state index in [9.17, 15) is 4.21 Å². The average Bonchev–Trinajstić information content (AvgIpc) is 2.64. The van der Waals surface area contributed by atoms with E-state index in [1.54, 1.807) is 42.9 Å². The van der Waals surface area contributed by atoms with Crippen LogP contribution in [0.3, 0.4) is 0 Å². The van der Waals surface area contributed by atoms with E-state index in [4.69, 9.17) is 24.7 Å². The molecule has 0 fully saturated rings. The van der Waals surface area contributed by atoms with E-state index in [0.29, 0.717) is 33.6 Å². The summed E-state index contributed by atoms with van der Waals surface area (Å²) >= 11 is 0. The molecule has 0 aromatic heterocycles. The minimum atomic E-state index is -1.40. The molecule has 2 N–H and O–H groups in total. The van der Waals surface area contributed by atoms with E-state index in [0.717, 1.165) is 5.56 Å². The highest BCUT2D eigenvalue weighted by atomic mass is 32.2. The van der Waals surface area contributed by atoms with Crippen LogP contribution in [-0.2, 0) is 10.8 Å². The largest absolute Gasteiger partial charge is 0.495 e. The quantitative estimate of drug-likeness (QED) is 0.762. The molecule has 0 bridgehead atoms. The van der Waals surface area contributed by atoms with Crippen molar-refractivity contribution >= 4 is 22.6 Å². The number of rotatable bonds is 7. The molecule has 0 spiro atoms. The van der Waals surface area contributed by atoms with Crippen molar-refractivity contribution in [1.29, 1.82) is 0 Å². The lowest BCUT2D eigenvalue weighted by atomic mass is 10.2. The maximum Gasteiger partial charge on any atom is 0.203 e. The zero-order chi connectivity index (χ0) is 18.4. The highest BCUT2D eigenvalue weighted by Gasteiger charge is 2.15. The minimum absolute atomic E-state index is 0.451. The van der Waals surface area contributed by atoms with Gasteiger partial charge in [0, 0.05) is 17.5 Å². The molecule has 0 radical (unpaired) electrons. The molecule has 2 rings (SSSR count). The van der Waals surface area contributed by atoms with Crippen LogP contribution < -0.4 is 24.7 Å². The van der Waals surface area contributed by atoms with Crippen LogP contribution in [0.15, 0.2) is 40.6 Å². The fourth-order valence-corrected chi connectivity index (χ4v) is 3.13. The van der Waals surface area contributed by atoms with E-state index in [1.807, 2.05) is 6.07 Å². The smallest absolute Gasteiger partial charge is 0.203 e. The Hall–Kier alpha value is -2.67. The van der Waals surface area contributed by atoms with Gasteiger partial charge in [0.25, 0.3) is 0 Å². The van der Waals surface area contributed by atoms with Crippen LogP contribution in [0.4, 0.5) is 5.69 Å². The van der Waals surface area contributed by atoms with Gasteiger partial charge in [-0.3, -0.25) is 0 Å². The van der Waals surface area contributed by atoms with Gasteiger partial charge in [0.2, 0.25) is 5.75 Å². The molecule has 0 heterocycles. The van der Waals surface area contributed by atoms with Gasteiger partial charge in [-0.15, -0.1) is 0 Å². The predicted molar refractivity (Wildman–Crippen MR) is 98.9 cm³/mol. The van der Waals surface area contributed by atoms with E-state index in [-0.39, 0.29) is 0 Å². The molecule has 0 aliphatic heterocycles. The van der Waals surface area contributed by atoms with Crippen molar-refractivity contribution in [3.8, 4) is 23.0 Å². The number of hydrogen-bond acceptors (Lipinski definition) is 6. The Morgan fingerprint density at radius 3 is 1.96 bits per heavy atom. The van der Waals surface area contributed by atoms with Crippen molar-refractivity contribution in [2.75, 3.05) is 34.2 Å². The lowest BCUT2D eigenvalue weighted by molar-refractivity contribution is 0.323. The number of nitrogen functional groups attached to an aromatic ring is 1. The Bertz CT molecular complexity index is 779. The Morgan fingerprint density at radius 2 is 1.48 bits per heavy atom. The lowest BCUT2D eigenvalue weighted by Gasteiger charge is -2.13. The molecular weight excluding hydrogens is 342 g/mol. The highest BCUT2D eigenvalue weighted by molar-refractivity contribution is 7.88. The summed E-state index contributed by atoms with van der Waals surface area (Å²) in [5.41, 5.74) is 7.21. The van der Waals surface area contributed by atoms with E-state index < -0.39 is 10.8 Å². The SMILES string of the molecule is COc1ccc(/C=C/S(=O)c2cc(OC)c(OC)c(OC)c2)cc1N. The molecule has 1 atom stereocenters. The number of nitrogens with two attached hydrogens (primary N) is 1. The van der Waals surface area contributed by atoms with Gasteiger partial charge < -0.3 is 24.7 Å². The van der Waals surface area contributed by atoms with Gasteiger partial charge in [-0.25, -0.2) is 4.21 Å². The van der Waals surface area contributed by atoms with Gasteiger partial charge in [0.15, 0.2) is 11.5 Å². The molecule has 2 aromatic rings. The monoisotopic (exact) mass is 363 g/mol. The van der Waals surface area contributed by atoms with Crippen LogP contribution >= 0.6 is 0 Å². The first kappa shape index (κ1) is 18.7. The second-order valence-electron chi connectivity index (χ2n) is 4.96. The molecule has 0 aliphatic carbocycles. The van der Waals surface area contributed by atoms with Crippen molar-refractivity contribution < 1.29 is 23.2 Å². The van der Waals surface area contributed by atoms with Crippen LogP contribution in [0, 0.1) is 0 Å². The van der Waals surface area contributed by atoms with Crippen LogP contribution in [0.2, 0.25) is 0 Å². The predicted octanol–water partition coefficient (Wildman–Crippen LogP) is 3.08. The van der Waals surface area contributed by atoms with Crippen LogP contribution in [0.5, 0.6) is 23.0 Å². The van der Waals surface area contributed by atoms with Gasteiger partial charge in [0.1, 0.15) is 5.75 Å². The second-order valence-corrected chi connectivity index (χ2v) is 6.30. The van der Waals surface area contributed by atoms with E-state index in [1.165, 1.54) is 21.3 Å². The first-order valence-electron chi connectivity index (χ1n) is 7.36. The maximum absolute atomic E-state index is 12.6. The van der Waals surface area contributed by atoms with Crippen molar-refractivity contribution in [1.82, 2.24) is 0 Å². The normalized spacial score (nSPS) is 12.0. The molecule has 0 saturated carbocycles. The molecule has 6 nitrogen and oxygen atoms in total. The van der Waals surface area contributed by atoms with Crippen molar-refractivity contribution in [2.45, 2.75) is 4.90 Å². The molecule has 2 aromatic carbocycles. The summed E-state index contributed by atoms with van der Waals surface area (Å²) in [6.45, 7) is 0. The van der Waals surface area contributed by atoms with Gasteiger partial charge in [-0.1, -0.05) is 6.07 Å². The molecule has 0 saturated heterocycles. The zero-order valence-corrected chi connectivity index (χ0v) is 15.4. The minimum Gasteiger partial charge on any atom is -0.495 e. The number of anilines is 1. The summed E-state index contributed by atoms with van der Waals surface area (Å²) in [4.78, 5) is 0.534. The molecular formula is C18H21NO5S. The first-order valence-corrected chi connectivity index (χ1v) is 8.57. The second kappa shape index (κ2) is 8.43. The molecule has 0 amide bonds. The zero-order valence-electron chi connectivity index (χ0n) is 14.6. The molecule has 0 aliphatic rings. The number of methoxy groups -OCH3 is 4. The van der Waals surface area contributed by atoms with Crippen molar-refractivity contribution in [2.24, 2.45) is 0 Å². The fraction of sp³-hybridized carbons (Fsp3) is 0.222. The Balaban J connectivity index is 2.30.